The first-order chi connectivity index (χ1) is 31.7. The van der Waals surface area contributed by atoms with Gasteiger partial charge in [0.1, 0.15) is 0 Å². The van der Waals surface area contributed by atoms with E-state index in [-0.39, 0.29) is 0 Å². The molecule has 0 aliphatic heterocycles. The van der Waals surface area contributed by atoms with Gasteiger partial charge in [0.25, 0.3) is 0 Å². The van der Waals surface area contributed by atoms with E-state index in [9.17, 15) is 0 Å². The highest BCUT2D eigenvalue weighted by atomic mass is 15.0. The summed E-state index contributed by atoms with van der Waals surface area (Å²) in [7, 11) is 0. The van der Waals surface area contributed by atoms with Crippen molar-refractivity contribution in [1.82, 2.24) is 24.1 Å². The number of pyridine rings is 1. The topological polar surface area (TPSA) is 48.5 Å². The number of aromatic nitrogens is 5. The van der Waals surface area contributed by atoms with E-state index >= 15 is 0 Å². The maximum Gasteiger partial charge on any atom is 0.160 e. The lowest BCUT2D eigenvalue weighted by Gasteiger charge is -2.12. The molecule has 0 N–H and O–H groups in total. The zero-order valence-corrected chi connectivity index (χ0v) is 34.6. The molecule has 5 nitrogen and oxygen atoms in total. The molecule has 4 aromatic heterocycles. The molecule has 298 valence electrons. The van der Waals surface area contributed by atoms with Crippen LogP contribution in [0.4, 0.5) is 0 Å². The summed E-state index contributed by atoms with van der Waals surface area (Å²) in [6.45, 7) is 0. The maximum atomic E-state index is 5.40. The Morgan fingerprint density at radius 1 is 0.297 bits per heavy atom. The van der Waals surface area contributed by atoms with Gasteiger partial charge in [0.05, 0.1) is 44.7 Å². The summed E-state index contributed by atoms with van der Waals surface area (Å²) in [6.07, 6.45) is 0. The van der Waals surface area contributed by atoms with Gasteiger partial charge in [-0.3, -0.25) is 0 Å². The van der Waals surface area contributed by atoms with Crippen LogP contribution in [-0.4, -0.2) is 24.1 Å². The van der Waals surface area contributed by atoms with Crippen molar-refractivity contribution < 1.29 is 0 Å². The third-order valence-corrected chi connectivity index (χ3v) is 12.7. The van der Waals surface area contributed by atoms with Gasteiger partial charge in [-0.1, -0.05) is 158 Å². The fourth-order valence-corrected chi connectivity index (χ4v) is 9.83. The van der Waals surface area contributed by atoms with Gasteiger partial charge < -0.3 is 9.13 Å². The first kappa shape index (κ1) is 36.0. The Balaban J connectivity index is 1.06. The molecule has 64 heavy (non-hydrogen) atoms. The smallest absolute Gasteiger partial charge is 0.160 e. The second-order valence-corrected chi connectivity index (χ2v) is 16.4. The number of benzene rings is 9. The van der Waals surface area contributed by atoms with E-state index in [1.807, 2.05) is 18.2 Å². The Morgan fingerprint density at radius 2 is 0.859 bits per heavy atom. The third-order valence-electron chi connectivity index (χ3n) is 12.7. The summed E-state index contributed by atoms with van der Waals surface area (Å²) >= 11 is 0. The van der Waals surface area contributed by atoms with Gasteiger partial charge in [-0.25, -0.2) is 15.0 Å². The molecule has 0 saturated carbocycles. The molecule has 5 heteroatoms. The van der Waals surface area contributed by atoms with Crippen LogP contribution in [0.3, 0.4) is 0 Å². The Bertz CT molecular complexity index is 3870. The first-order valence-electron chi connectivity index (χ1n) is 21.7. The van der Waals surface area contributed by atoms with E-state index in [2.05, 4.69) is 215 Å². The van der Waals surface area contributed by atoms with E-state index < -0.39 is 0 Å². The summed E-state index contributed by atoms with van der Waals surface area (Å²) in [5, 5.41) is 8.14. The van der Waals surface area contributed by atoms with Gasteiger partial charge in [-0.2, -0.15) is 0 Å². The fraction of sp³-hybridized carbons (Fsp3) is 0. The SMILES string of the molecule is c1ccc(-c2nc(-c3ccc(-n4c5ccccc5c5ccccc54)cc3)cc(-c3cccc4c3c3cc5c(-c6ccccc6)nc6ccccc6c5cc3n4-c3ccccc3)n2)cc1. The highest BCUT2D eigenvalue weighted by molar-refractivity contribution is 6.22. The van der Waals surface area contributed by atoms with E-state index in [1.54, 1.807) is 0 Å². The molecule has 0 radical (unpaired) electrons. The van der Waals surface area contributed by atoms with Crippen LogP contribution in [0.15, 0.2) is 224 Å². The third kappa shape index (κ3) is 5.68. The second-order valence-electron chi connectivity index (χ2n) is 16.4. The van der Waals surface area contributed by atoms with E-state index in [0.29, 0.717) is 5.82 Å². The lowest BCUT2D eigenvalue weighted by atomic mass is 9.96. The minimum absolute atomic E-state index is 0.677. The number of nitrogens with zero attached hydrogens (tertiary/aromatic N) is 5. The van der Waals surface area contributed by atoms with Gasteiger partial charge in [0.2, 0.25) is 0 Å². The number of para-hydroxylation sites is 4. The molecule has 0 saturated heterocycles. The number of hydrogen-bond donors (Lipinski definition) is 0. The minimum Gasteiger partial charge on any atom is -0.309 e. The summed E-state index contributed by atoms with van der Waals surface area (Å²) in [5.74, 6) is 0.677. The molecule has 0 atom stereocenters. The van der Waals surface area contributed by atoms with Crippen molar-refractivity contribution in [2.24, 2.45) is 0 Å². The molecule has 4 heterocycles. The van der Waals surface area contributed by atoms with E-state index in [4.69, 9.17) is 15.0 Å². The lowest BCUT2D eigenvalue weighted by molar-refractivity contribution is 1.17. The van der Waals surface area contributed by atoms with Crippen molar-refractivity contribution in [2.45, 2.75) is 0 Å². The summed E-state index contributed by atoms with van der Waals surface area (Å²) in [4.78, 5) is 16.0. The summed E-state index contributed by atoms with van der Waals surface area (Å²) in [5.41, 5.74) is 14.5. The monoisotopic (exact) mass is 815 g/mol. The maximum absolute atomic E-state index is 5.40. The minimum atomic E-state index is 0.677. The van der Waals surface area contributed by atoms with Crippen molar-refractivity contribution in [2.75, 3.05) is 0 Å². The largest absolute Gasteiger partial charge is 0.309 e. The van der Waals surface area contributed by atoms with E-state index in [0.717, 1.165) is 88.8 Å². The molecule has 0 spiro atoms. The predicted molar refractivity (Wildman–Crippen MR) is 265 cm³/mol. The van der Waals surface area contributed by atoms with Crippen LogP contribution in [0.5, 0.6) is 0 Å². The number of rotatable bonds is 6. The predicted octanol–water partition coefficient (Wildman–Crippen LogP) is 15.0. The molecular formula is C59H37N5. The van der Waals surface area contributed by atoms with Crippen molar-refractivity contribution in [3.8, 4) is 56.5 Å². The van der Waals surface area contributed by atoms with Gasteiger partial charge in [-0.05, 0) is 72.1 Å². The Morgan fingerprint density at radius 3 is 1.58 bits per heavy atom. The fourth-order valence-electron chi connectivity index (χ4n) is 9.83. The average molecular weight is 816 g/mol. The Labute approximate surface area is 368 Å². The molecule has 13 rings (SSSR count). The van der Waals surface area contributed by atoms with Crippen LogP contribution in [0.2, 0.25) is 0 Å². The van der Waals surface area contributed by atoms with Crippen molar-refractivity contribution in [1.29, 1.82) is 0 Å². The standard InChI is InChI=1S/C59H37N5/c1-4-17-39(18-5-1)58-48-35-49-56(36-47(48)43-23-10-13-27-50(43)60-58)64(41-21-8-3-9-22-41)55-30-16-26-46(57(49)55)52-37-51(61-59(62-52)40-19-6-2-7-20-40)38-31-33-42(34-32-38)63-53-28-14-11-24-44(53)45-25-12-15-29-54(45)63/h1-37H. The number of fused-ring (bicyclic) bond motifs is 9. The Kier molecular flexibility index (Phi) is 8.15. The summed E-state index contributed by atoms with van der Waals surface area (Å²) in [6, 6.07) is 79.6. The molecule has 0 unspecified atom stereocenters. The van der Waals surface area contributed by atoms with Crippen LogP contribution < -0.4 is 0 Å². The molecule has 0 aliphatic rings. The van der Waals surface area contributed by atoms with Crippen LogP contribution in [0, 0.1) is 0 Å². The molecular weight excluding hydrogens is 779 g/mol. The first-order valence-corrected chi connectivity index (χ1v) is 21.7. The highest BCUT2D eigenvalue weighted by Gasteiger charge is 2.22. The lowest BCUT2D eigenvalue weighted by Crippen LogP contribution is -1.97. The molecule has 0 fully saturated rings. The summed E-state index contributed by atoms with van der Waals surface area (Å²) < 4.78 is 4.75. The average Bonchev–Trinajstić information content (AvgIpc) is 3.89. The van der Waals surface area contributed by atoms with Crippen molar-refractivity contribution in [3.63, 3.8) is 0 Å². The normalized spacial score (nSPS) is 11.8. The zero-order chi connectivity index (χ0) is 42.1. The highest BCUT2D eigenvalue weighted by Crippen LogP contribution is 2.43. The van der Waals surface area contributed by atoms with Crippen molar-refractivity contribution in [3.05, 3.63) is 224 Å². The second kappa shape index (κ2) is 14.5. The van der Waals surface area contributed by atoms with Crippen molar-refractivity contribution >= 4 is 65.3 Å². The van der Waals surface area contributed by atoms with Gasteiger partial charge in [0.15, 0.2) is 5.82 Å². The van der Waals surface area contributed by atoms with E-state index in [1.165, 1.54) is 27.2 Å². The van der Waals surface area contributed by atoms with Crippen LogP contribution >= 0.6 is 0 Å². The Hall–Kier alpha value is -8.67. The van der Waals surface area contributed by atoms with Gasteiger partial charge >= 0.3 is 0 Å². The number of hydrogen-bond acceptors (Lipinski definition) is 3. The van der Waals surface area contributed by atoms with Crippen LogP contribution in [0.1, 0.15) is 0 Å². The molecule has 0 amide bonds. The molecule has 9 aromatic carbocycles. The van der Waals surface area contributed by atoms with Crippen LogP contribution in [0.25, 0.3) is 122 Å². The van der Waals surface area contributed by atoms with Gasteiger partial charge in [-0.15, -0.1) is 0 Å². The molecule has 0 bridgehead atoms. The van der Waals surface area contributed by atoms with Crippen LogP contribution in [-0.2, 0) is 0 Å². The molecule has 13 aromatic rings. The molecule has 0 aliphatic carbocycles. The zero-order valence-electron chi connectivity index (χ0n) is 34.6. The quantitative estimate of drug-likeness (QED) is 0.157. The van der Waals surface area contributed by atoms with Gasteiger partial charge in [0, 0.05) is 65.9 Å².